The van der Waals surface area contributed by atoms with E-state index in [2.05, 4.69) is 16.8 Å². The number of pyridine rings is 1. The maximum absolute atomic E-state index is 12.0. The monoisotopic (exact) mass is 261 g/mol. The molecule has 0 aromatic carbocycles. The van der Waals surface area contributed by atoms with E-state index in [4.69, 9.17) is 10.8 Å². The molecule has 0 spiro atoms. The number of hydrogen-bond acceptors (Lipinski definition) is 4. The van der Waals surface area contributed by atoms with Crippen LogP contribution < -0.4 is 5.73 Å². The highest BCUT2D eigenvalue weighted by molar-refractivity contribution is 5.94. The normalized spacial score (nSPS) is 9.37. The van der Waals surface area contributed by atoms with Crippen LogP contribution in [0.25, 0.3) is 0 Å². The van der Waals surface area contributed by atoms with E-state index in [9.17, 15) is 9.59 Å². The molecule has 0 aliphatic rings. The number of aliphatic hydroxyl groups excluding tert-OH is 1. The first kappa shape index (κ1) is 14.7. The molecular weight excluding hydrogens is 246 g/mol. The van der Waals surface area contributed by atoms with E-state index in [0.29, 0.717) is 12.1 Å². The van der Waals surface area contributed by atoms with Crippen LogP contribution in [0.1, 0.15) is 23.0 Å². The summed E-state index contributed by atoms with van der Waals surface area (Å²) >= 11 is 0. The molecule has 2 amide bonds. The van der Waals surface area contributed by atoms with Gasteiger partial charge in [-0.15, -0.1) is 0 Å². The third-order valence-corrected chi connectivity index (χ3v) is 2.31. The lowest BCUT2D eigenvalue weighted by atomic mass is 10.2. The predicted octanol–water partition coefficient (Wildman–Crippen LogP) is -0.627. The first-order valence-electron chi connectivity index (χ1n) is 5.71. The highest BCUT2D eigenvalue weighted by Crippen LogP contribution is 2.03. The van der Waals surface area contributed by atoms with Crippen molar-refractivity contribution >= 4 is 11.8 Å². The molecule has 0 saturated heterocycles. The minimum Gasteiger partial charge on any atom is -0.384 e. The summed E-state index contributed by atoms with van der Waals surface area (Å²) in [5, 5.41) is 8.56. The van der Waals surface area contributed by atoms with Crippen LogP contribution in [0, 0.1) is 11.8 Å². The van der Waals surface area contributed by atoms with Crippen LogP contribution in [-0.2, 0) is 4.79 Å². The number of aliphatic hydroxyl groups is 1. The number of nitrogens with zero attached hydrogens (tertiary/aromatic N) is 2. The van der Waals surface area contributed by atoms with Gasteiger partial charge in [0.15, 0.2) is 0 Å². The molecule has 19 heavy (non-hydrogen) atoms. The number of primary amides is 1. The second-order valence-corrected chi connectivity index (χ2v) is 3.68. The average molecular weight is 261 g/mol. The van der Waals surface area contributed by atoms with Crippen LogP contribution in [0.4, 0.5) is 0 Å². The highest BCUT2D eigenvalue weighted by Gasteiger charge is 2.16. The lowest BCUT2D eigenvalue weighted by molar-refractivity contribution is -0.118. The first-order valence-corrected chi connectivity index (χ1v) is 5.71. The third-order valence-electron chi connectivity index (χ3n) is 2.31. The van der Waals surface area contributed by atoms with Gasteiger partial charge in [-0.3, -0.25) is 9.59 Å². The zero-order valence-electron chi connectivity index (χ0n) is 10.6. The van der Waals surface area contributed by atoms with Gasteiger partial charge in [-0.25, -0.2) is 4.98 Å². The van der Waals surface area contributed by atoms with Crippen LogP contribution >= 0.6 is 0 Å². The number of hydrogen-bond donors (Lipinski definition) is 2. The molecule has 0 aliphatic heterocycles. The molecule has 0 bridgehead atoms. The molecule has 100 valence electrons. The van der Waals surface area contributed by atoms with Crippen LogP contribution in [0.5, 0.6) is 0 Å². The summed E-state index contributed by atoms with van der Waals surface area (Å²) in [6.07, 6.45) is 1.44. The lowest BCUT2D eigenvalue weighted by Gasteiger charge is -2.18. The fraction of sp³-hybridized carbons (Fsp3) is 0.308. The Labute approximate surface area is 111 Å². The summed E-state index contributed by atoms with van der Waals surface area (Å²) < 4.78 is 0. The molecule has 6 heteroatoms. The molecule has 6 nitrogen and oxygen atoms in total. The second kappa shape index (κ2) is 7.13. The Kier molecular flexibility index (Phi) is 5.51. The van der Waals surface area contributed by atoms with Crippen molar-refractivity contribution in [2.75, 3.05) is 19.7 Å². The fourth-order valence-corrected chi connectivity index (χ4v) is 1.41. The number of nitrogens with two attached hydrogens (primary N) is 1. The molecule has 0 radical (unpaired) electrons. The quantitative estimate of drug-likeness (QED) is 0.705. The third kappa shape index (κ3) is 4.41. The minimum absolute atomic E-state index is 0.136. The van der Waals surface area contributed by atoms with Crippen molar-refractivity contribution in [3.8, 4) is 11.8 Å². The van der Waals surface area contributed by atoms with Gasteiger partial charge in [-0.1, -0.05) is 11.8 Å². The van der Waals surface area contributed by atoms with Crippen LogP contribution in [0.15, 0.2) is 18.3 Å². The summed E-state index contributed by atoms with van der Waals surface area (Å²) in [5.41, 5.74) is 5.89. The van der Waals surface area contributed by atoms with E-state index < -0.39 is 5.91 Å². The summed E-state index contributed by atoms with van der Waals surface area (Å²) in [6, 6.07) is 3.15. The molecule has 0 aliphatic carbocycles. The molecule has 1 heterocycles. The highest BCUT2D eigenvalue weighted by atomic mass is 16.2. The van der Waals surface area contributed by atoms with Crippen molar-refractivity contribution < 1.29 is 14.7 Å². The van der Waals surface area contributed by atoms with E-state index in [0.717, 1.165) is 0 Å². The van der Waals surface area contributed by atoms with E-state index >= 15 is 0 Å². The number of amides is 2. The zero-order valence-corrected chi connectivity index (χ0v) is 10.6. The molecule has 0 fully saturated rings. The van der Waals surface area contributed by atoms with Gasteiger partial charge in [-0.2, -0.15) is 0 Å². The standard InChI is InChI=1S/C13H15N3O3/c1-2-16(9-12(14)18)13(19)11-6-5-10(8-15-11)4-3-7-17/h5-6,8,17H,2,7,9H2,1H3,(H2,14,18). The maximum atomic E-state index is 12.0. The van der Waals surface area contributed by atoms with Crippen molar-refractivity contribution in [2.24, 2.45) is 5.73 Å². The fourth-order valence-electron chi connectivity index (χ4n) is 1.41. The number of rotatable bonds is 4. The Morgan fingerprint density at radius 3 is 2.68 bits per heavy atom. The minimum atomic E-state index is -0.569. The van der Waals surface area contributed by atoms with Gasteiger partial charge in [0.2, 0.25) is 5.91 Å². The molecule has 1 aromatic heterocycles. The van der Waals surface area contributed by atoms with E-state index in [1.807, 2.05) is 0 Å². The van der Waals surface area contributed by atoms with Gasteiger partial charge < -0.3 is 15.7 Å². The average Bonchev–Trinajstić information content (AvgIpc) is 2.42. The lowest BCUT2D eigenvalue weighted by Crippen LogP contribution is -2.38. The molecule has 0 unspecified atom stereocenters. The molecule has 0 atom stereocenters. The zero-order chi connectivity index (χ0) is 14.3. The first-order chi connectivity index (χ1) is 9.08. The largest absolute Gasteiger partial charge is 0.384 e. The van der Waals surface area contributed by atoms with Gasteiger partial charge in [0.05, 0.1) is 6.54 Å². The Morgan fingerprint density at radius 2 is 2.21 bits per heavy atom. The van der Waals surface area contributed by atoms with Crippen LogP contribution in [-0.4, -0.2) is 46.5 Å². The number of carbonyl (C=O) groups excluding carboxylic acids is 2. The van der Waals surface area contributed by atoms with Gasteiger partial charge in [0.1, 0.15) is 12.3 Å². The van der Waals surface area contributed by atoms with Gasteiger partial charge in [0.25, 0.3) is 5.91 Å². The number of likely N-dealkylation sites (N-methyl/N-ethyl adjacent to an activating group) is 1. The van der Waals surface area contributed by atoms with Gasteiger partial charge in [0, 0.05) is 18.3 Å². The molecule has 3 N–H and O–H groups in total. The van der Waals surface area contributed by atoms with E-state index in [1.165, 1.54) is 17.2 Å². The van der Waals surface area contributed by atoms with Gasteiger partial charge >= 0.3 is 0 Å². The molecular formula is C13H15N3O3. The molecule has 1 aromatic rings. The summed E-state index contributed by atoms with van der Waals surface area (Å²) in [7, 11) is 0. The maximum Gasteiger partial charge on any atom is 0.272 e. The molecule has 1 rings (SSSR count). The Morgan fingerprint density at radius 1 is 1.47 bits per heavy atom. The topological polar surface area (TPSA) is 96.5 Å². The summed E-state index contributed by atoms with van der Waals surface area (Å²) in [4.78, 5) is 28.1. The summed E-state index contributed by atoms with van der Waals surface area (Å²) in [5.74, 6) is 4.23. The van der Waals surface area contributed by atoms with Crippen molar-refractivity contribution in [3.63, 3.8) is 0 Å². The Bertz CT molecular complexity index is 514. The summed E-state index contributed by atoms with van der Waals surface area (Å²) in [6.45, 7) is 1.75. The van der Waals surface area contributed by atoms with Gasteiger partial charge in [-0.05, 0) is 19.1 Å². The Hall–Kier alpha value is -2.39. The number of carbonyl (C=O) groups is 2. The van der Waals surface area contributed by atoms with Crippen molar-refractivity contribution in [1.82, 2.24) is 9.88 Å². The smallest absolute Gasteiger partial charge is 0.272 e. The van der Waals surface area contributed by atoms with Crippen LogP contribution in [0.2, 0.25) is 0 Å². The SMILES string of the molecule is CCN(CC(N)=O)C(=O)c1ccc(C#CCO)cn1. The number of aromatic nitrogens is 1. The molecule has 0 saturated carbocycles. The van der Waals surface area contributed by atoms with Crippen molar-refractivity contribution in [3.05, 3.63) is 29.6 Å². The van der Waals surface area contributed by atoms with Crippen LogP contribution in [0.3, 0.4) is 0 Å². The van der Waals surface area contributed by atoms with E-state index in [1.54, 1.807) is 13.0 Å². The van der Waals surface area contributed by atoms with Crippen molar-refractivity contribution in [2.45, 2.75) is 6.92 Å². The second-order valence-electron chi connectivity index (χ2n) is 3.68. The predicted molar refractivity (Wildman–Crippen MR) is 69.0 cm³/mol. The van der Waals surface area contributed by atoms with E-state index in [-0.39, 0.29) is 24.8 Å². The van der Waals surface area contributed by atoms with Crippen molar-refractivity contribution in [1.29, 1.82) is 0 Å². The Balaban J connectivity index is 2.84.